The molecule has 0 aliphatic carbocycles. The third-order valence-electron chi connectivity index (χ3n) is 13.1. The number of nitrogens with zero attached hydrogens (tertiary/aromatic N) is 6. The molecule has 16 heteroatoms. The molecule has 62 heavy (non-hydrogen) atoms. The summed E-state index contributed by atoms with van der Waals surface area (Å²) < 4.78 is 36.2. The van der Waals surface area contributed by atoms with Gasteiger partial charge in [0.2, 0.25) is 11.8 Å². The fourth-order valence-electron chi connectivity index (χ4n) is 9.51. The highest BCUT2D eigenvalue weighted by Gasteiger charge is 2.44. The van der Waals surface area contributed by atoms with Gasteiger partial charge in [-0.2, -0.15) is 5.10 Å². The van der Waals surface area contributed by atoms with Gasteiger partial charge in [-0.15, -0.1) is 0 Å². The Morgan fingerprint density at radius 1 is 0.806 bits per heavy atom. The number of amides is 4. The Labute approximate surface area is 359 Å². The number of carbonyl (C=O) groups excluding carboxylic acids is 4. The molecule has 0 radical (unpaired) electrons. The van der Waals surface area contributed by atoms with Gasteiger partial charge in [-0.05, 0) is 80.6 Å². The largest absolute Gasteiger partial charge is 0.385 e. The van der Waals surface area contributed by atoms with Crippen molar-refractivity contribution in [2.24, 2.45) is 16.0 Å². The van der Waals surface area contributed by atoms with Crippen LogP contribution < -0.4 is 16.0 Å². The Morgan fingerprint density at radius 3 is 2.37 bits per heavy atom. The van der Waals surface area contributed by atoms with E-state index in [9.17, 15) is 19.2 Å². The zero-order valence-corrected chi connectivity index (χ0v) is 34.8. The third-order valence-corrected chi connectivity index (χ3v) is 13.1. The molecule has 3 N–H and O–H groups in total. The predicted molar refractivity (Wildman–Crippen MR) is 232 cm³/mol. The lowest BCUT2D eigenvalue weighted by Crippen LogP contribution is -2.54. The average Bonchev–Trinajstić information content (AvgIpc) is 3.87. The number of nitrogens with one attached hydrogen (secondary N) is 3. The molecule has 6 aliphatic rings. The maximum atomic E-state index is 15.4. The lowest BCUT2D eigenvalue weighted by atomic mass is 9.95. The first kappa shape index (κ1) is 41.8. The molecular weight excluding hydrogens is 797 g/mol. The third kappa shape index (κ3) is 8.86. The van der Waals surface area contributed by atoms with Crippen molar-refractivity contribution in [2.75, 3.05) is 69.7 Å². The van der Waals surface area contributed by atoms with Gasteiger partial charge in [0, 0.05) is 93.4 Å². The molecule has 4 amide bonds. The molecule has 0 bridgehead atoms. The number of ether oxygens (including phenoxy) is 1. The second-order valence-corrected chi connectivity index (χ2v) is 17.1. The van der Waals surface area contributed by atoms with Crippen molar-refractivity contribution in [3.05, 3.63) is 76.9 Å². The lowest BCUT2D eigenvalue weighted by Gasteiger charge is -2.36. The number of hydrogen-bond acceptors (Lipinski definition) is 12. The van der Waals surface area contributed by atoms with Crippen LogP contribution in [-0.2, 0) is 20.9 Å². The van der Waals surface area contributed by atoms with Gasteiger partial charge < -0.3 is 20.3 Å². The van der Waals surface area contributed by atoms with Crippen LogP contribution in [0.4, 0.5) is 25.8 Å². The molecule has 3 aromatic rings. The summed E-state index contributed by atoms with van der Waals surface area (Å²) >= 11 is 0. The average molecular weight is 850 g/mol. The molecule has 6 aliphatic heterocycles. The minimum atomic E-state index is -0.974. The fourth-order valence-corrected chi connectivity index (χ4v) is 9.51. The van der Waals surface area contributed by atoms with E-state index in [-0.39, 0.29) is 48.0 Å². The van der Waals surface area contributed by atoms with Crippen molar-refractivity contribution >= 4 is 53.1 Å². The highest BCUT2D eigenvalue weighted by molar-refractivity contribution is 6.23. The van der Waals surface area contributed by atoms with Gasteiger partial charge in [-0.25, -0.2) is 8.78 Å². The number of fused-ring (bicyclic) bond motifs is 2. The molecular formula is C46H53F2N9O5. The van der Waals surface area contributed by atoms with E-state index in [1.54, 1.807) is 18.2 Å². The Hall–Kier alpha value is -5.58. The number of hydrogen-bond donors (Lipinski definition) is 3. The van der Waals surface area contributed by atoms with Crippen LogP contribution in [0.25, 0.3) is 11.1 Å². The Bertz CT molecular complexity index is 2250. The van der Waals surface area contributed by atoms with E-state index in [2.05, 4.69) is 25.9 Å². The SMILES string of the molecule is O=C1CCC(N2C(=O)c3ccc(NCCCCCCN4CCC(N5CC(C6C=Nc7cccc(-c8cc(F)c(CN9CCOCC9)c(F)c8)c7N6)C=N5)CC4)cc3C2=O)C(=O)N1. The van der Waals surface area contributed by atoms with E-state index in [0.29, 0.717) is 43.5 Å². The van der Waals surface area contributed by atoms with Crippen molar-refractivity contribution in [1.29, 1.82) is 0 Å². The van der Waals surface area contributed by atoms with Crippen LogP contribution in [0.5, 0.6) is 0 Å². The maximum absolute atomic E-state index is 15.4. The summed E-state index contributed by atoms with van der Waals surface area (Å²) in [5.74, 6) is -3.02. The minimum absolute atomic E-state index is 0.0820. The van der Waals surface area contributed by atoms with Crippen LogP contribution >= 0.6 is 0 Å². The van der Waals surface area contributed by atoms with Gasteiger partial charge in [0.25, 0.3) is 11.8 Å². The van der Waals surface area contributed by atoms with Gasteiger partial charge in [-0.3, -0.25) is 44.3 Å². The number of hydrazone groups is 1. The van der Waals surface area contributed by atoms with E-state index in [4.69, 9.17) is 14.8 Å². The number of carbonyl (C=O) groups is 4. The Kier molecular flexibility index (Phi) is 12.4. The van der Waals surface area contributed by atoms with Crippen LogP contribution in [-0.4, -0.2) is 133 Å². The number of benzene rings is 3. The van der Waals surface area contributed by atoms with Crippen LogP contribution in [0.3, 0.4) is 0 Å². The van der Waals surface area contributed by atoms with E-state index in [1.165, 1.54) is 12.1 Å². The van der Waals surface area contributed by atoms with Crippen LogP contribution in [0.1, 0.15) is 77.6 Å². The number of aliphatic imine (C=N–C) groups is 1. The van der Waals surface area contributed by atoms with E-state index in [1.807, 2.05) is 35.5 Å². The lowest BCUT2D eigenvalue weighted by molar-refractivity contribution is -0.136. The molecule has 3 aromatic carbocycles. The first-order valence-corrected chi connectivity index (χ1v) is 22.0. The monoisotopic (exact) mass is 849 g/mol. The van der Waals surface area contributed by atoms with Gasteiger partial charge in [-0.1, -0.05) is 25.0 Å². The zero-order chi connectivity index (χ0) is 42.7. The summed E-state index contributed by atoms with van der Waals surface area (Å²) in [4.78, 5) is 60.3. The summed E-state index contributed by atoms with van der Waals surface area (Å²) in [6, 6.07) is 12.9. The van der Waals surface area contributed by atoms with Gasteiger partial charge in [0.15, 0.2) is 0 Å². The van der Waals surface area contributed by atoms with Gasteiger partial charge >= 0.3 is 0 Å². The predicted octanol–water partition coefficient (Wildman–Crippen LogP) is 5.42. The van der Waals surface area contributed by atoms with Crippen LogP contribution in [0.15, 0.2) is 58.6 Å². The molecule has 3 unspecified atom stereocenters. The molecule has 3 saturated heterocycles. The highest BCUT2D eigenvalue weighted by Crippen LogP contribution is 2.40. The summed E-state index contributed by atoms with van der Waals surface area (Å²) in [7, 11) is 0. The molecule has 6 heterocycles. The molecule has 326 valence electrons. The van der Waals surface area contributed by atoms with Crippen molar-refractivity contribution in [1.82, 2.24) is 25.0 Å². The second kappa shape index (κ2) is 18.4. The van der Waals surface area contributed by atoms with E-state index >= 15 is 8.78 Å². The molecule has 3 fully saturated rings. The van der Waals surface area contributed by atoms with Gasteiger partial charge in [0.05, 0.1) is 41.8 Å². The molecule has 0 spiro atoms. The number of unbranched alkanes of at least 4 members (excludes halogenated alkanes) is 3. The molecule has 0 aromatic heterocycles. The topological polar surface area (TPSA) is 151 Å². The molecule has 3 atom stereocenters. The number of halogens is 2. The number of para-hydroxylation sites is 1. The first-order chi connectivity index (χ1) is 30.2. The van der Waals surface area contributed by atoms with Crippen LogP contribution in [0.2, 0.25) is 0 Å². The molecule has 9 rings (SSSR count). The fraction of sp³-hybridized carbons (Fsp3) is 0.478. The normalized spacial score (nSPS) is 23.2. The van der Waals surface area contributed by atoms with Crippen molar-refractivity contribution in [3.8, 4) is 11.1 Å². The Balaban J connectivity index is 0.685. The summed E-state index contributed by atoms with van der Waals surface area (Å²) in [6.45, 7) is 7.28. The van der Waals surface area contributed by atoms with Gasteiger partial charge in [0.1, 0.15) is 17.7 Å². The molecule has 0 saturated carbocycles. The number of morpholine rings is 1. The van der Waals surface area contributed by atoms with Crippen LogP contribution in [0, 0.1) is 17.6 Å². The zero-order valence-electron chi connectivity index (χ0n) is 34.8. The second-order valence-electron chi connectivity index (χ2n) is 17.1. The van der Waals surface area contributed by atoms with Crippen molar-refractivity contribution in [3.63, 3.8) is 0 Å². The highest BCUT2D eigenvalue weighted by atomic mass is 19.1. The Morgan fingerprint density at radius 2 is 1.58 bits per heavy atom. The smallest absolute Gasteiger partial charge is 0.262 e. The number of anilines is 2. The van der Waals surface area contributed by atoms with Crippen molar-refractivity contribution in [2.45, 2.75) is 76.0 Å². The molecule has 14 nitrogen and oxygen atoms in total. The van der Waals surface area contributed by atoms with E-state index < -0.39 is 41.3 Å². The minimum Gasteiger partial charge on any atom is -0.385 e. The van der Waals surface area contributed by atoms with Crippen molar-refractivity contribution < 1.29 is 32.7 Å². The number of piperidine rings is 2. The van der Waals surface area contributed by atoms with E-state index in [0.717, 1.165) is 93.2 Å². The summed E-state index contributed by atoms with van der Waals surface area (Å²) in [5.41, 5.74) is 4.09. The quantitative estimate of drug-likeness (QED) is 0.142. The first-order valence-electron chi connectivity index (χ1n) is 22.0. The maximum Gasteiger partial charge on any atom is 0.262 e. The standard InChI is InChI=1S/C46H53F2N9O5/c47-37-22-29(23-38(48)36(37)28-55-18-20-62-21-19-55)33-6-5-7-39-43(33)52-40(26-50-39)30-25-51-56(27-30)32-12-16-54(17-13-32)15-4-2-1-3-14-49-31-8-9-34-35(24-31)46(61)57(45(34)60)41-10-11-42(58)53-44(41)59/h5-9,22-26,30,32,40-41,49,52H,1-4,10-21,27-28H2,(H,53,58,59). The summed E-state index contributed by atoms with van der Waals surface area (Å²) in [5, 5.41) is 16.3. The number of rotatable bonds is 14. The summed E-state index contributed by atoms with van der Waals surface area (Å²) in [6.07, 6.45) is 10.5. The number of imide groups is 2. The number of likely N-dealkylation sites (tertiary alicyclic amines) is 1.